The second-order valence-corrected chi connectivity index (χ2v) is 13.3. The third-order valence-electron chi connectivity index (χ3n) is 9.92. The van der Waals surface area contributed by atoms with Crippen LogP contribution in [-0.4, -0.2) is 15.0 Å². The highest BCUT2D eigenvalue weighted by molar-refractivity contribution is 6.16. The predicted molar refractivity (Wildman–Crippen MR) is 217 cm³/mol. The van der Waals surface area contributed by atoms with Gasteiger partial charge in [0.1, 0.15) is 11.2 Å². The van der Waals surface area contributed by atoms with Crippen LogP contribution in [0.3, 0.4) is 0 Å². The maximum atomic E-state index is 6.69. The van der Waals surface area contributed by atoms with Gasteiger partial charge in [0.2, 0.25) is 0 Å². The van der Waals surface area contributed by atoms with Gasteiger partial charge in [0, 0.05) is 27.5 Å². The van der Waals surface area contributed by atoms with E-state index in [1.807, 2.05) is 42.5 Å². The molecule has 0 bridgehead atoms. The van der Waals surface area contributed by atoms with Gasteiger partial charge in [-0.3, -0.25) is 0 Å². The smallest absolute Gasteiger partial charge is 0.164 e. The number of nitrogens with zero attached hydrogens (tertiary/aromatic N) is 3. The fraction of sp³-hybridized carbons (Fsp3) is 0. The fourth-order valence-corrected chi connectivity index (χ4v) is 7.21. The lowest BCUT2D eigenvalue weighted by Crippen LogP contribution is -2.00. The van der Waals surface area contributed by atoms with E-state index in [4.69, 9.17) is 19.4 Å². The van der Waals surface area contributed by atoms with Crippen molar-refractivity contribution in [2.24, 2.45) is 0 Å². The van der Waals surface area contributed by atoms with Crippen molar-refractivity contribution in [3.63, 3.8) is 0 Å². The Balaban J connectivity index is 1.18. The predicted octanol–water partition coefficient (Wildman–Crippen LogP) is 12.9. The highest BCUT2D eigenvalue weighted by Gasteiger charge is 2.19. The van der Waals surface area contributed by atoms with E-state index in [1.54, 1.807) is 0 Å². The molecule has 4 nitrogen and oxygen atoms in total. The van der Waals surface area contributed by atoms with Gasteiger partial charge in [-0.05, 0) is 68.4 Å². The molecular formula is C49H31N3O. The first kappa shape index (κ1) is 30.6. The lowest BCUT2D eigenvalue weighted by molar-refractivity contribution is 0.669. The number of rotatable bonds is 6. The van der Waals surface area contributed by atoms with E-state index in [1.165, 1.54) is 10.9 Å². The maximum absolute atomic E-state index is 6.69. The highest BCUT2D eigenvalue weighted by atomic mass is 16.3. The molecule has 0 spiro atoms. The number of furan rings is 1. The Morgan fingerprint density at radius 3 is 1.28 bits per heavy atom. The van der Waals surface area contributed by atoms with Crippen molar-refractivity contribution in [3.05, 3.63) is 188 Å². The van der Waals surface area contributed by atoms with E-state index >= 15 is 0 Å². The molecule has 4 heteroatoms. The van der Waals surface area contributed by atoms with Crippen molar-refractivity contribution >= 4 is 32.7 Å². The van der Waals surface area contributed by atoms with Crippen LogP contribution >= 0.6 is 0 Å². The van der Waals surface area contributed by atoms with E-state index in [0.29, 0.717) is 17.5 Å². The number of aromatic nitrogens is 3. The van der Waals surface area contributed by atoms with Crippen molar-refractivity contribution in [2.75, 3.05) is 0 Å². The van der Waals surface area contributed by atoms with E-state index in [9.17, 15) is 0 Å². The lowest BCUT2D eigenvalue weighted by atomic mass is 9.94. The molecule has 0 radical (unpaired) electrons. The normalized spacial score (nSPS) is 11.4. The summed E-state index contributed by atoms with van der Waals surface area (Å²) >= 11 is 0. The minimum Gasteiger partial charge on any atom is -0.456 e. The molecule has 0 aliphatic heterocycles. The van der Waals surface area contributed by atoms with Crippen molar-refractivity contribution in [1.82, 2.24) is 15.0 Å². The summed E-state index contributed by atoms with van der Waals surface area (Å²) in [5, 5.41) is 4.45. The zero-order valence-electron chi connectivity index (χ0n) is 28.6. The second kappa shape index (κ2) is 12.9. The van der Waals surface area contributed by atoms with Crippen LogP contribution < -0.4 is 0 Å². The summed E-state index contributed by atoms with van der Waals surface area (Å²) in [6.07, 6.45) is 0. The van der Waals surface area contributed by atoms with Crippen LogP contribution in [0.1, 0.15) is 0 Å². The number of fused-ring (bicyclic) bond motifs is 4. The average Bonchev–Trinajstić information content (AvgIpc) is 3.60. The van der Waals surface area contributed by atoms with Crippen molar-refractivity contribution in [2.45, 2.75) is 0 Å². The molecule has 0 amide bonds. The summed E-state index contributed by atoms with van der Waals surface area (Å²) in [7, 11) is 0. The molecule has 2 heterocycles. The Hall–Kier alpha value is -7.17. The molecule has 0 N–H and O–H groups in total. The van der Waals surface area contributed by atoms with Gasteiger partial charge in [0.25, 0.3) is 0 Å². The van der Waals surface area contributed by atoms with Gasteiger partial charge in [-0.2, -0.15) is 0 Å². The topological polar surface area (TPSA) is 51.8 Å². The first-order valence-electron chi connectivity index (χ1n) is 17.8. The monoisotopic (exact) mass is 677 g/mol. The molecule has 10 aromatic rings. The lowest BCUT2D eigenvalue weighted by Gasteiger charge is -2.12. The highest BCUT2D eigenvalue weighted by Crippen LogP contribution is 2.41. The van der Waals surface area contributed by atoms with Gasteiger partial charge in [0.15, 0.2) is 17.5 Å². The van der Waals surface area contributed by atoms with Crippen molar-refractivity contribution < 1.29 is 4.42 Å². The Morgan fingerprint density at radius 2 is 0.717 bits per heavy atom. The van der Waals surface area contributed by atoms with Crippen LogP contribution in [0.25, 0.3) is 100 Å². The van der Waals surface area contributed by atoms with Crippen LogP contribution in [-0.2, 0) is 0 Å². The van der Waals surface area contributed by atoms with Crippen LogP contribution in [0, 0.1) is 0 Å². The van der Waals surface area contributed by atoms with Gasteiger partial charge >= 0.3 is 0 Å². The van der Waals surface area contributed by atoms with Crippen LogP contribution in [0.2, 0.25) is 0 Å². The number of benzene rings is 8. The van der Waals surface area contributed by atoms with Crippen molar-refractivity contribution in [3.8, 4) is 67.5 Å². The summed E-state index contributed by atoms with van der Waals surface area (Å²) in [5.74, 6) is 1.80. The van der Waals surface area contributed by atoms with Crippen LogP contribution in [0.5, 0.6) is 0 Å². The quantitative estimate of drug-likeness (QED) is 0.176. The number of hydrogen-bond donors (Lipinski definition) is 0. The third kappa shape index (κ3) is 5.73. The molecule has 53 heavy (non-hydrogen) atoms. The summed E-state index contributed by atoms with van der Waals surface area (Å²) in [5.41, 5.74) is 11.1. The number of hydrogen-bond acceptors (Lipinski definition) is 4. The molecule has 2 aromatic heterocycles. The van der Waals surface area contributed by atoms with Crippen LogP contribution in [0.15, 0.2) is 192 Å². The molecule has 10 rings (SSSR count). The zero-order chi connectivity index (χ0) is 35.1. The molecule has 0 aliphatic rings. The molecule has 0 fully saturated rings. The van der Waals surface area contributed by atoms with Gasteiger partial charge in [0.05, 0.1) is 0 Å². The standard InChI is InChI=1S/C49H31N3O/c1-4-12-32(13-5-1)34-20-24-36(25-21-34)42-29-41(31-45-46(42)43-28-39-18-10-11-19-40(39)30-44(43)53-45)49-51-47(37-16-8-3-9-17-37)50-48(52-49)38-26-22-35(23-27-38)33-14-6-2-7-15-33/h1-31H. The van der Waals surface area contributed by atoms with Crippen LogP contribution in [0.4, 0.5) is 0 Å². The molecule has 0 saturated carbocycles. The molecule has 0 unspecified atom stereocenters. The molecule has 0 saturated heterocycles. The minimum absolute atomic E-state index is 0.579. The van der Waals surface area contributed by atoms with Crippen molar-refractivity contribution in [1.29, 1.82) is 0 Å². The Morgan fingerprint density at radius 1 is 0.302 bits per heavy atom. The van der Waals surface area contributed by atoms with Gasteiger partial charge in [-0.15, -0.1) is 0 Å². The first-order chi connectivity index (χ1) is 26.2. The zero-order valence-corrected chi connectivity index (χ0v) is 28.6. The summed E-state index contributed by atoms with van der Waals surface area (Å²) in [6, 6.07) is 65.2. The van der Waals surface area contributed by atoms with E-state index in [-0.39, 0.29) is 0 Å². The SMILES string of the molecule is c1ccc(-c2ccc(-c3nc(-c4ccccc4)nc(-c4cc(-c5ccc(-c6ccccc6)cc5)c5c(c4)oc4cc6ccccc6cc45)n3)cc2)cc1. The summed E-state index contributed by atoms with van der Waals surface area (Å²) in [4.78, 5) is 15.2. The maximum Gasteiger partial charge on any atom is 0.164 e. The largest absolute Gasteiger partial charge is 0.456 e. The summed E-state index contributed by atoms with van der Waals surface area (Å²) < 4.78 is 6.69. The van der Waals surface area contributed by atoms with Gasteiger partial charge in [-0.1, -0.05) is 164 Å². The molecule has 8 aromatic carbocycles. The average molecular weight is 678 g/mol. The van der Waals surface area contributed by atoms with E-state index in [0.717, 1.165) is 71.8 Å². The molecule has 0 atom stereocenters. The van der Waals surface area contributed by atoms with E-state index < -0.39 is 0 Å². The Kier molecular flexibility index (Phi) is 7.43. The fourth-order valence-electron chi connectivity index (χ4n) is 7.21. The van der Waals surface area contributed by atoms with Gasteiger partial charge in [-0.25, -0.2) is 15.0 Å². The molecule has 248 valence electrons. The van der Waals surface area contributed by atoms with Gasteiger partial charge < -0.3 is 4.42 Å². The second-order valence-electron chi connectivity index (χ2n) is 13.3. The minimum atomic E-state index is 0.579. The molecule has 0 aliphatic carbocycles. The third-order valence-corrected chi connectivity index (χ3v) is 9.92. The Labute approximate surface area is 306 Å². The Bertz CT molecular complexity index is 2900. The molecular weight excluding hydrogens is 647 g/mol. The summed E-state index contributed by atoms with van der Waals surface area (Å²) in [6.45, 7) is 0. The van der Waals surface area contributed by atoms with E-state index in [2.05, 4.69) is 146 Å². The first-order valence-corrected chi connectivity index (χ1v) is 17.8.